The van der Waals surface area contributed by atoms with Crippen LogP contribution in [-0.4, -0.2) is 14.7 Å². The Hall–Kier alpha value is -0.350. The molecule has 0 spiro atoms. The minimum absolute atomic E-state index is 0.0825. The Kier molecular flexibility index (Phi) is 2.47. The second kappa shape index (κ2) is 3.32. The highest BCUT2D eigenvalue weighted by molar-refractivity contribution is 9.10. The Balaban J connectivity index is 2.65. The average molecular weight is 289 g/mol. The molecule has 82 valence electrons. The predicted octanol–water partition coefficient (Wildman–Crippen LogP) is 2.90. The van der Waals surface area contributed by atoms with E-state index in [0.717, 1.165) is 22.9 Å². The van der Waals surface area contributed by atoms with Gasteiger partial charge in [0.2, 0.25) is 0 Å². The highest BCUT2D eigenvalue weighted by Gasteiger charge is 2.41. The Morgan fingerprint density at radius 1 is 1.33 bits per heavy atom. The third-order valence-electron chi connectivity index (χ3n) is 2.99. The maximum absolute atomic E-state index is 11.7. The first kappa shape index (κ1) is 11.1. The van der Waals surface area contributed by atoms with Gasteiger partial charge in [-0.1, -0.05) is 28.9 Å². The zero-order valence-electron chi connectivity index (χ0n) is 8.75. The van der Waals surface area contributed by atoms with Crippen molar-refractivity contribution in [3.63, 3.8) is 0 Å². The van der Waals surface area contributed by atoms with Gasteiger partial charge in [-0.2, -0.15) is 0 Å². The molecule has 4 heteroatoms. The fourth-order valence-electron chi connectivity index (χ4n) is 1.76. The van der Waals surface area contributed by atoms with Crippen molar-refractivity contribution in [2.24, 2.45) is 0 Å². The van der Waals surface area contributed by atoms with Crippen LogP contribution in [-0.2, 0) is 15.3 Å². The fourth-order valence-corrected chi connectivity index (χ4v) is 3.33. The van der Waals surface area contributed by atoms with Crippen LogP contribution in [0.1, 0.15) is 25.3 Å². The molecule has 0 bridgehead atoms. The van der Waals surface area contributed by atoms with E-state index in [-0.39, 0.29) is 5.41 Å². The Bertz CT molecular complexity index is 501. The summed E-state index contributed by atoms with van der Waals surface area (Å²) in [5.41, 5.74) is 1.05. The van der Waals surface area contributed by atoms with Gasteiger partial charge < -0.3 is 0 Å². The normalized spacial score (nSPS) is 18.9. The lowest BCUT2D eigenvalue weighted by molar-refractivity contribution is 0.598. The predicted molar refractivity (Wildman–Crippen MR) is 63.8 cm³/mol. The van der Waals surface area contributed by atoms with Gasteiger partial charge in [-0.25, -0.2) is 8.42 Å². The van der Waals surface area contributed by atoms with E-state index in [0.29, 0.717) is 4.90 Å². The summed E-state index contributed by atoms with van der Waals surface area (Å²) >= 11 is 3.31. The van der Waals surface area contributed by atoms with Crippen molar-refractivity contribution in [3.05, 3.63) is 28.2 Å². The lowest BCUT2D eigenvalue weighted by atomic mass is 9.99. The van der Waals surface area contributed by atoms with Crippen LogP contribution in [0.15, 0.2) is 27.6 Å². The number of halogens is 1. The molecule has 0 atom stereocenters. The molecule has 1 fully saturated rings. The van der Waals surface area contributed by atoms with E-state index < -0.39 is 9.84 Å². The first-order chi connectivity index (χ1) is 6.83. The van der Waals surface area contributed by atoms with E-state index in [1.54, 1.807) is 6.07 Å². The highest BCUT2D eigenvalue weighted by atomic mass is 79.9. The van der Waals surface area contributed by atoms with Crippen LogP contribution in [0.2, 0.25) is 0 Å². The van der Waals surface area contributed by atoms with Crippen molar-refractivity contribution in [1.82, 2.24) is 0 Å². The van der Waals surface area contributed by atoms with Crippen LogP contribution < -0.4 is 0 Å². The van der Waals surface area contributed by atoms with E-state index in [9.17, 15) is 8.42 Å². The summed E-state index contributed by atoms with van der Waals surface area (Å²) < 4.78 is 24.1. The van der Waals surface area contributed by atoms with Gasteiger partial charge in [0, 0.05) is 10.7 Å². The van der Waals surface area contributed by atoms with Crippen molar-refractivity contribution < 1.29 is 8.42 Å². The zero-order chi connectivity index (χ0) is 11.3. The Labute approximate surface area is 98.7 Å². The van der Waals surface area contributed by atoms with Gasteiger partial charge in [0.25, 0.3) is 0 Å². The average Bonchev–Trinajstić information content (AvgIpc) is 2.83. The lowest BCUT2D eigenvalue weighted by Gasteiger charge is -2.14. The van der Waals surface area contributed by atoms with Crippen molar-refractivity contribution in [2.75, 3.05) is 6.26 Å². The molecule has 1 aliphatic carbocycles. The van der Waals surface area contributed by atoms with Crippen molar-refractivity contribution in [3.8, 4) is 0 Å². The quantitative estimate of drug-likeness (QED) is 0.839. The van der Waals surface area contributed by atoms with E-state index in [1.165, 1.54) is 6.26 Å². The molecule has 2 rings (SSSR count). The van der Waals surface area contributed by atoms with E-state index in [2.05, 4.69) is 22.9 Å². The number of hydrogen-bond donors (Lipinski definition) is 0. The van der Waals surface area contributed by atoms with Gasteiger partial charge >= 0.3 is 0 Å². The van der Waals surface area contributed by atoms with Gasteiger partial charge in [0.1, 0.15) is 0 Å². The second-order valence-corrected chi connectivity index (χ2v) is 7.37. The van der Waals surface area contributed by atoms with Gasteiger partial charge in [-0.3, -0.25) is 0 Å². The Morgan fingerprint density at radius 2 is 1.93 bits per heavy atom. The maximum Gasteiger partial charge on any atom is 0.175 e. The molecule has 0 aliphatic heterocycles. The van der Waals surface area contributed by atoms with Gasteiger partial charge in [-0.15, -0.1) is 0 Å². The van der Waals surface area contributed by atoms with Crippen molar-refractivity contribution >= 4 is 25.8 Å². The smallest absolute Gasteiger partial charge is 0.175 e. The molecular formula is C11H13BrO2S. The van der Waals surface area contributed by atoms with Crippen LogP contribution in [0.25, 0.3) is 0 Å². The lowest BCUT2D eigenvalue weighted by Crippen LogP contribution is -2.09. The molecule has 0 radical (unpaired) electrons. The molecule has 0 saturated heterocycles. The summed E-state index contributed by atoms with van der Waals surface area (Å²) in [6.07, 6.45) is 3.43. The van der Waals surface area contributed by atoms with Gasteiger partial charge in [0.15, 0.2) is 9.84 Å². The van der Waals surface area contributed by atoms with Crippen LogP contribution in [0.5, 0.6) is 0 Å². The minimum Gasteiger partial charge on any atom is -0.224 e. The highest BCUT2D eigenvalue weighted by Crippen LogP contribution is 2.49. The summed E-state index contributed by atoms with van der Waals surface area (Å²) in [6.45, 7) is 2.12. The van der Waals surface area contributed by atoms with E-state index in [1.807, 2.05) is 12.1 Å². The van der Waals surface area contributed by atoms with E-state index >= 15 is 0 Å². The number of benzene rings is 1. The van der Waals surface area contributed by atoms with E-state index in [4.69, 9.17) is 0 Å². The zero-order valence-corrected chi connectivity index (χ0v) is 11.2. The number of rotatable bonds is 2. The molecule has 0 N–H and O–H groups in total. The van der Waals surface area contributed by atoms with Crippen LogP contribution in [0.3, 0.4) is 0 Å². The Morgan fingerprint density at radius 3 is 2.40 bits per heavy atom. The summed E-state index contributed by atoms with van der Waals surface area (Å²) in [5, 5.41) is 0. The largest absolute Gasteiger partial charge is 0.224 e. The fraction of sp³-hybridized carbons (Fsp3) is 0.455. The second-order valence-electron chi connectivity index (χ2n) is 4.47. The summed E-state index contributed by atoms with van der Waals surface area (Å²) in [5.74, 6) is 0. The van der Waals surface area contributed by atoms with Crippen molar-refractivity contribution in [1.29, 1.82) is 0 Å². The third-order valence-corrected chi connectivity index (χ3v) is 4.62. The molecule has 1 aliphatic rings. The molecule has 0 amide bonds. The minimum atomic E-state index is -3.13. The first-order valence-corrected chi connectivity index (χ1v) is 7.51. The molecule has 0 aromatic heterocycles. The number of sulfone groups is 1. The molecule has 2 nitrogen and oxygen atoms in total. The molecule has 1 aromatic rings. The molecule has 0 heterocycles. The molecule has 15 heavy (non-hydrogen) atoms. The molecule has 0 unspecified atom stereocenters. The summed E-state index contributed by atoms with van der Waals surface area (Å²) in [7, 11) is -3.13. The summed E-state index contributed by atoms with van der Waals surface area (Å²) in [4.78, 5) is 0.469. The topological polar surface area (TPSA) is 34.1 Å². The monoisotopic (exact) mass is 288 g/mol. The SMILES string of the molecule is CC1(c2ccc(Br)cc2S(C)(=O)=O)CC1. The third kappa shape index (κ3) is 2.11. The first-order valence-electron chi connectivity index (χ1n) is 4.83. The molecular weight excluding hydrogens is 276 g/mol. The van der Waals surface area contributed by atoms with Crippen LogP contribution in [0.4, 0.5) is 0 Å². The van der Waals surface area contributed by atoms with Gasteiger partial charge in [-0.05, 0) is 36.0 Å². The standard InChI is InChI=1S/C11H13BrO2S/c1-11(5-6-11)9-4-3-8(12)7-10(9)15(2,13)14/h3-4,7H,5-6H2,1-2H3. The van der Waals surface area contributed by atoms with Gasteiger partial charge in [0.05, 0.1) is 4.90 Å². The summed E-state index contributed by atoms with van der Waals surface area (Å²) in [6, 6.07) is 5.54. The van der Waals surface area contributed by atoms with Crippen molar-refractivity contribution in [2.45, 2.75) is 30.1 Å². The van der Waals surface area contributed by atoms with Crippen LogP contribution in [0, 0.1) is 0 Å². The maximum atomic E-state index is 11.7. The molecule has 1 aromatic carbocycles. The number of hydrogen-bond acceptors (Lipinski definition) is 2. The molecule has 1 saturated carbocycles. The van der Waals surface area contributed by atoms with Crippen LogP contribution >= 0.6 is 15.9 Å².